The molecule has 0 saturated carbocycles. The predicted octanol–water partition coefficient (Wildman–Crippen LogP) is 2.38. The van der Waals surface area contributed by atoms with Gasteiger partial charge in [0.05, 0.1) is 5.60 Å². The number of hydrogen-bond acceptors (Lipinski definition) is 3. The lowest BCUT2D eigenvalue weighted by molar-refractivity contribution is -0.114. The molecule has 1 aromatic rings. The van der Waals surface area contributed by atoms with Gasteiger partial charge in [0.2, 0.25) is 5.91 Å². The lowest BCUT2D eigenvalue weighted by Crippen LogP contribution is -2.45. The Bertz CT molecular complexity index is 480. The van der Waals surface area contributed by atoms with Gasteiger partial charge in [0.1, 0.15) is 0 Å². The van der Waals surface area contributed by atoms with Crippen molar-refractivity contribution in [2.45, 2.75) is 51.8 Å². The third-order valence-electron chi connectivity index (χ3n) is 3.81. The van der Waals surface area contributed by atoms with Gasteiger partial charge in [0.15, 0.2) is 0 Å². The van der Waals surface area contributed by atoms with Crippen LogP contribution in [0.3, 0.4) is 0 Å². The van der Waals surface area contributed by atoms with Gasteiger partial charge >= 0.3 is 0 Å². The van der Waals surface area contributed by atoms with Crippen molar-refractivity contribution in [2.75, 3.05) is 11.9 Å². The molecule has 1 heterocycles. The molecule has 1 unspecified atom stereocenters. The maximum absolute atomic E-state index is 11.1. The van der Waals surface area contributed by atoms with E-state index in [-0.39, 0.29) is 11.9 Å². The fraction of sp³-hybridized carbons (Fsp3) is 0.562. The second kappa shape index (κ2) is 5.94. The first-order chi connectivity index (χ1) is 9.36. The average molecular weight is 276 g/mol. The Hall–Kier alpha value is -1.39. The first kappa shape index (κ1) is 15.0. The van der Waals surface area contributed by atoms with E-state index < -0.39 is 5.60 Å². The molecule has 1 saturated heterocycles. The molecule has 2 N–H and O–H groups in total. The van der Waals surface area contributed by atoms with Crippen LogP contribution in [-0.2, 0) is 11.3 Å². The van der Waals surface area contributed by atoms with Gasteiger partial charge in [-0.3, -0.25) is 9.69 Å². The molecule has 0 bridgehead atoms. The number of aliphatic hydroxyl groups is 1. The molecule has 1 atom stereocenters. The number of carbonyl (C=O) groups is 1. The summed E-state index contributed by atoms with van der Waals surface area (Å²) in [4.78, 5) is 13.4. The van der Waals surface area contributed by atoms with Crippen LogP contribution < -0.4 is 5.32 Å². The minimum absolute atomic E-state index is 0.0577. The van der Waals surface area contributed by atoms with Gasteiger partial charge in [0.25, 0.3) is 0 Å². The molecular weight excluding hydrogens is 252 g/mol. The molecule has 0 aliphatic carbocycles. The lowest BCUT2D eigenvalue weighted by atomic mass is 9.96. The van der Waals surface area contributed by atoms with Gasteiger partial charge in [-0.15, -0.1) is 0 Å². The van der Waals surface area contributed by atoms with Crippen LogP contribution in [0.4, 0.5) is 5.69 Å². The quantitative estimate of drug-likeness (QED) is 0.887. The first-order valence-corrected chi connectivity index (χ1v) is 7.19. The molecule has 0 spiro atoms. The third kappa shape index (κ3) is 3.81. The molecule has 2 rings (SSSR count). The molecule has 1 aliphatic heterocycles. The predicted molar refractivity (Wildman–Crippen MR) is 80.5 cm³/mol. The van der Waals surface area contributed by atoms with Crippen LogP contribution in [0.2, 0.25) is 0 Å². The van der Waals surface area contributed by atoms with Crippen molar-refractivity contribution in [1.82, 2.24) is 4.90 Å². The van der Waals surface area contributed by atoms with Crippen LogP contribution >= 0.6 is 0 Å². The van der Waals surface area contributed by atoms with Crippen LogP contribution in [0.15, 0.2) is 24.3 Å². The maximum atomic E-state index is 11.1. The Morgan fingerprint density at radius 2 is 2.25 bits per heavy atom. The number of nitrogens with one attached hydrogen (secondary N) is 1. The molecule has 1 fully saturated rings. The number of benzene rings is 1. The zero-order valence-corrected chi connectivity index (χ0v) is 12.5. The van der Waals surface area contributed by atoms with E-state index in [2.05, 4.69) is 16.3 Å². The SMILES string of the molecule is CC(=O)Nc1cccc(CN2CCCC2C(C)(C)O)c1. The van der Waals surface area contributed by atoms with Gasteiger partial charge in [0, 0.05) is 25.2 Å². The summed E-state index contributed by atoms with van der Waals surface area (Å²) in [5.74, 6) is -0.0577. The van der Waals surface area contributed by atoms with E-state index in [0.717, 1.165) is 37.2 Å². The Morgan fingerprint density at radius 3 is 2.90 bits per heavy atom. The zero-order chi connectivity index (χ0) is 14.8. The summed E-state index contributed by atoms with van der Waals surface area (Å²) in [5, 5.41) is 13.0. The van der Waals surface area contributed by atoms with E-state index in [4.69, 9.17) is 0 Å². The molecule has 1 amide bonds. The number of hydrogen-bond donors (Lipinski definition) is 2. The highest BCUT2D eigenvalue weighted by atomic mass is 16.3. The number of likely N-dealkylation sites (tertiary alicyclic amines) is 1. The largest absolute Gasteiger partial charge is 0.389 e. The highest BCUT2D eigenvalue weighted by molar-refractivity contribution is 5.88. The summed E-state index contributed by atoms with van der Waals surface area (Å²) in [6, 6.07) is 8.11. The molecule has 110 valence electrons. The van der Waals surface area contributed by atoms with Crippen molar-refractivity contribution < 1.29 is 9.90 Å². The second-order valence-corrected chi connectivity index (χ2v) is 6.16. The minimum atomic E-state index is -0.675. The van der Waals surface area contributed by atoms with Crippen molar-refractivity contribution >= 4 is 11.6 Å². The number of carbonyl (C=O) groups excluding carboxylic acids is 1. The average Bonchev–Trinajstić information content (AvgIpc) is 2.76. The van der Waals surface area contributed by atoms with E-state index in [9.17, 15) is 9.90 Å². The topological polar surface area (TPSA) is 52.6 Å². The van der Waals surface area contributed by atoms with Gasteiger partial charge < -0.3 is 10.4 Å². The summed E-state index contributed by atoms with van der Waals surface area (Å²) in [5.41, 5.74) is 1.31. The van der Waals surface area contributed by atoms with Crippen molar-refractivity contribution in [3.05, 3.63) is 29.8 Å². The minimum Gasteiger partial charge on any atom is -0.389 e. The second-order valence-electron chi connectivity index (χ2n) is 6.16. The van der Waals surface area contributed by atoms with Gasteiger partial charge in [-0.2, -0.15) is 0 Å². The highest BCUT2D eigenvalue weighted by Crippen LogP contribution is 2.28. The maximum Gasteiger partial charge on any atom is 0.221 e. The summed E-state index contributed by atoms with van der Waals surface area (Å²) >= 11 is 0. The van der Waals surface area contributed by atoms with Gasteiger partial charge in [-0.25, -0.2) is 0 Å². The molecule has 1 aromatic carbocycles. The first-order valence-electron chi connectivity index (χ1n) is 7.19. The van der Waals surface area contributed by atoms with Crippen molar-refractivity contribution in [3.63, 3.8) is 0 Å². The van der Waals surface area contributed by atoms with Crippen LogP contribution in [0, 0.1) is 0 Å². The molecule has 4 heteroatoms. The number of nitrogens with zero attached hydrogens (tertiary/aromatic N) is 1. The monoisotopic (exact) mass is 276 g/mol. The van der Waals surface area contributed by atoms with Crippen molar-refractivity contribution in [2.24, 2.45) is 0 Å². The smallest absolute Gasteiger partial charge is 0.221 e. The van der Waals surface area contributed by atoms with Crippen molar-refractivity contribution in [3.8, 4) is 0 Å². The van der Waals surface area contributed by atoms with Gasteiger partial charge in [-0.05, 0) is 50.9 Å². The number of amides is 1. The lowest BCUT2D eigenvalue weighted by Gasteiger charge is -2.33. The van der Waals surface area contributed by atoms with E-state index in [1.165, 1.54) is 6.92 Å². The number of anilines is 1. The van der Waals surface area contributed by atoms with E-state index in [1.54, 1.807) is 0 Å². The van der Waals surface area contributed by atoms with Crippen molar-refractivity contribution in [1.29, 1.82) is 0 Å². The third-order valence-corrected chi connectivity index (χ3v) is 3.81. The van der Waals surface area contributed by atoms with E-state index in [1.807, 2.05) is 32.0 Å². The van der Waals surface area contributed by atoms with Crippen LogP contribution in [0.5, 0.6) is 0 Å². The fourth-order valence-corrected chi connectivity index (χ4v) is 3.00. The zero-order valence-electron chi connectivity index (χ0n) is 12.5. The Morgan fingerprint density at radius 1 is 1.50 bits per heavy atom. The summed E-state index contributed by atoms with van der Waals surface area (Å²) < 4.78 is 0. The summed E-state index contributed by atoms with van der Waals surface area (Å²) in [7, 11) is 0. The molecule has 1 aliphatic rings. The van der Waals surface area contributed by atoms with Gasteiger partial charge in [-0.1, -0.05) is 12.1 Å². The standard InChI is InChI=1S/C16H24N2O2/c1-12(19)17-14-7-4-6-13(10-14)11-18-9-5-8-15(18)16(2,3)20/h4,6-7,10,15,20H,5,8-9,11H2,1-3H3,(H,17,19). The Balaban J connectivity index is 2.07. The molecule has 0 radical (unpaired) electrons. The summed E-state index contributed by atoms with van der Waals surface area (Å²) in [6.45, 7) is 7.09. The molecule has 0 aromatic heterocycles. The highest BCUT2D eigenvalue weighted by Gasteiger charge is 2.35. The Labute approximate surface area is 120 Å². The fourth-order valence-electron chi connectivity index (χ4n) is 3.00. The molecular formula is C16H24N2O2. The molecule has 4 nitrogen and oxygen atoms in total. The number of rotatable bonds is 4. The van der Waals surface area contributed by atoms with E-state index >= 15 is 0 Å². The summed E-state index contributed by atoms with van der Waals surface area (Å²) in [6.07, 6.45) is 2.16. The normalized spacial score (nSPS) is 20.1. The Kier molecular flexibility index (Phi) is 4.45. The van der Waals surface area contributed by atoms with E-state index in [0.29, 0.717) is 0 Å². The van der Waals surface area contributed by atoms with Crippen LogP contribution in [-0.4, -0.2) is 34.1 Å². The van der Waals surface area contributed by atoms with Crippen LogP contribution in [0.25, 0.3) is 0 Å². The molecule has 20 heavy (non-hydrogen) atoms. The van der Waals surface area contributed by atoms with Crippen LogP contribution in [0.1, 0.15) is 39.2 Å².